The van der Waals surface area contributed by atoms with E-state index in [-0.39, 0.29) is 5.69 Å². The molecule has 6 nitrogen and oxygen atoms in total. The Balaban J connectivity index is 1.60. The molecule has 6 heteroatoms. The van der Waals surface area contributed by atoms with Gasteiger partial charge in [-0.1, -0.05) is 36.4 Å². The Morgan fingerprint density at radius 1 is 1.25 bits per heavy atom. The van der Waals surface area contributed by atoms with Gasteiger partial charge in [-0.15, -0.1) is 0 Å². The van der Waals surface area contributed by atoms with Crippen LogP contribution in [0.2, 0.25) is 0 Å². The third kappa shape index (κ3) is 3.86. The second kappa shape index (κ2) is 7.23. The van der Waals surface area contributed by atoms with Crippen LogP contribution in [0.4, 0.5) is 0 Å². The van der Waals surface area contributed by atoms with Gasteiger partial charge < -0.3 is 4.42 Å². The number of aromatic nitrogens is 2. The minimum atomic E-state index is -0.396. The van der Waals surface area contributed by atoms with Crippen LogP contribution in [0.25, 0.3) is 17.5 Å². The van der Waals surface area contributed by atoms with E-state index in [4.69, 9.17) is 4.42 Å². The van der Waals surface area contributed by atoms with Crippen LogP contribution in [0.3, 0.4) is 0 Å². The number of hydrogen-bond acceptors (Lipinski definition) is 4. The zero-order chi connectivity index (χ0) is 16.8. The number of hydrogen-bond donors (Lipinski definition) is 2. The van der Waals surface area contributed by atoms with Crippen LogP contribution in [0, 0.1) is 0 Å². The van der Waals surface area contributed by atoms with Gasteiger partial charge in [-0.25, -0.2) is 5.43 Å². The van der Waals surface area contributed by atoms with Gasteiger partial charge in [0.2, 0.25) is 0 Å². The zero-order valence-corrected chi connectivity index (χ0v) is 13.1. The Labute approximate surface area is 138 Å². The number of furan rings is 1. The number of hydrazone groups is 1. The lowest BCUT2D eigenvalue weighted by atomic mass is 10.1. The van der Waals surface area contributed by atoms with Crippen molar-refractivity contribution >= 4 is 18.2 Å². The van der Waals surface area contributed by atoms with Crippen molar-refractivity contribution in [1.29, 1.82) is 0 Å². The van der Waals surface area contributed by atoms with Gasteiger partial charge in [-0.05, 0) is 30.2 Å². The first-order valence-corrected chi connectivity index (χ1v) is 7.38. The lowest BCUT2D eigenvalue weighted by molar-refractivity contribution is 0.0950. The first-order valence-electron chi connectivity index (χ1n) is 7.38. The molecule has 1 aromatic carbocycles. The largest absolute Gasteiger partial charge is 0.463 e. The summed E-state index contributed by atoms with van der Waals surface area (Å²) in [6, 6.07) is 15.0. The molecule has 3 rings (SSSR count). The van der Waals surface area contributed by atoms with E-state index in [0.29, 0.717) is 11.5 Å². The summed E-state index contributed by atoms with van der Waals surface area (Å²) in [5.74, 6) is 0.222. The number of carbonyl (C=O) groups is 1. The average molecular weight is 320 g/mol. The Morgan fingerprint density at radius 2 is 2.08 bits per heavy atom. The van der Waals surface area contributed by atoms with Crippen LogP contribution >= 0.6 is 0 Å². The molecular formula is C18H16N4O2. The predicted molar refractivity (Wildman–Crippen MR) is 92.3 cm³/mol. The molecule has 0 saturated carbocycles. The summed E-state index contributed by atoms with van der Waals surface area (Å²) in [7, 11) is 0. The minimum Gasteiger partial charge on any atom is -0.463 e. The van der Waals surface area contributed by atoms with Crippen molar-refractivity contribution in [2.45, 2.75) is 6.92 Å². The Bertz CT molecular complexity index is 862. The van der Waals surface area contributed by atoms with Gasteiger partial charge in [-0.3, -0.25) is 9.89 Å². The van der Waals surface area contributed by atoms with E-state index < -0.39 is 5.91 Å². The molecule has 3 aromatic rings. The zero-order valence-electron chi connectivity index (χ0n) is 13.1. The van der Waals surface area contributed by atoms with Gasteiger partial charge in [0, 0.05) is 6.07 Å². The van der Waals surface area contributed by atoms with Crippen molar-refractivity contribution in [2.75, 3.05) is 0 Å². The number of rotatable bonds is 5. The van der Waals surface area contributed by atoms with Gasteiger partial charge >= 0.3 is 0 Å². The molecule has 0 spiro atoms. The van der Waals surface area contributed by atoms with Crippen LogP contribution in [0.1, 0.15) is 23.0 Å². The van der Waals surface area contributed by atoms with Crippen molar-refractivity contribution < 1.29 is 9.21 Å². The number of benzene rings is 1. The average Bonchev–Trinajstić information content (AvgIpc) is 3.27. The van der Waals surface area contributed by atoms with Crippen molar-refractivity contribution in [3.63, 3.8) is 0 Å². The van der Waals surface area contributed by atoms with E-state index in [1.54, 1.807) is 30.7 Å². The maximum absolute atomic E-state index is 12.0. The van der Waals surface area contributed by atoms with Gasteiger partial charge in [0.15, 0.2) is 11.5 Å². The van der Waals surface area contributed by atoms with Gasteiger partial charge in [0.05, 0.1) is 12.5 Å². The topological polar surface area (TPSA) is 83.3 Å². The fraction of sp³-hybridized carbons (Fsp3) is 0.0556. The van der Waals surface area contributed by atoms with Crippen LogP contribution in [-0.4, -0.2) is 22.3 Å². The molecule has 0 aliphatic heterocycles. The highest BCUT2D eigenvalue weighted by Gasteiger charge is 2.11. The van der Waals surface area contributed by atoms with Gasteiger partial charge in [0.1, 0.15) is 5.69 Å². The molecular weight excluding hydrogens is 304 g/mol. The van der Waals surface area contributed by atoms with Crippen molar-refractivity contribution in [3.05, 3.63) is 71.6 Å². The third-order valence-corrected chi connectivity index (χ3v) is 3.23. The summed E-state index contributed by atoms with van der Waals surface area (Å²) in [6.07, 6.45) is 5.12. The minimum absolute atomic E-state index is 0.239. The molecule has 0 aliphatic carbocycles. The second-order valence-corrected chi connectivity index (χ2v) is 5.14. The fourth-order valence-corrected chi connectivity index (χ4v) is 2.10. The van der Waals surface area contributed by atoms with E-state index in [1.165, 1.54) is 0 Å². The van der Waals surface area contributed by atoms with Gasteiger partial charge in [0.25, 0.3) is 5.91 Å². The normalized spacial score (nSPS) is 11.8. The molecule has 0 bridgehead atoms. The van der Waals surface area contributed by atoms with Crippen molar-refractivity contribution in [3.8, 4) is 11.5 Å². The standard InChI is InChI=1S/C18H16N4O2/c1-13(10-14-6-3-2-4-7-14)12-19-22-18(23)16-11-15(20-21-16)17-8-5-9-24-17/h2-12H,1H3,(H,20,21)(H,22,23)/b13-10?,19-12-. The van der Waals surface area contributed by atoms with E-state index in [9.17, 15) is 4.79 Å². The lowest BCUT2D eigenvalue weighted by Gasteiger charge is -1.96. The molecule has 2 N–H and O–H groups in total. The number of carbonyl (C=O) groups excluding carboxylic acids is 1. The molecule has 0 fully saturated rings. The number of nitrogens with one attached hydrogen (secondary N) is 2. The van der Waals surface area contributed by atoms with E-state index in [0.717, 1.165) is 11.1 Å². The SMILES string of the molecule is CC(=Cc1ccccc1)/C=N\NC(=O)c1cc(-c2ccco2)[nH]n1. The molecule has 120 valence electrons. The smallest absolute Gasteiger partial charge is 0.291 e. The fourth-order valence-electron chi connectivity index (χ4n) is 2.10. The lowest BCUT2D eigenvalue weighted by Crippen LogP contribution is -2.17. The molecule has 0 saturated heterocycles. The van der Waals surface area contributed by atoms with Crippen LogP contribution in [0.15, 0.2) is 69.9 Å². The van der Waals surface area contributed by atoms with E-state index in [2.05, 4.69) is 20.7 Å². The molecule has 0 radical (unpaired) electrons. The highest BCUT2D eigenvalue weighted by Crippen LogP contribution is 2.17. The van der Waals surface area contributed by atoms with Gasteiger partial charge in [-0.2, -0.15) is 10.2 Å². The van der Waals surface area contributed by atoms with Crippen LogP contribution < -0.4 is 5.43 Å². The first-order chi connectivity index (χ1) is 11.7. The predicted octanol–water partition coefficient (Wildman–Crippen LogP) is 3.49. The molecule has 1 amide bonds. The molecule has 0 aliphatic rings. The molecule has 0 atom stereocenters. The van der Waals surface area contributed by atoms with Crippen LogP contribution in [0.5, 0.6) is 0 Å². The summed E-state index contributed by atoms with van der Waals surface area (Å²) in [6.45, 7) is 1.91. The Morgan fingerprint density at radius 3 is 2.83 bits per heavy atom. The molecule has 24 heavy (non-hydrogen) atoms. The maximum atomic E-state index is 12.0. The highest BCUT2D eigenvalue weighted by molar-refractivity contribution is 5.94. The number of nitrogens with zero attached hydrogens (tertiary/aromatic N) is 2. The second-order valence-electron chi connectivity index (χ2n) is 5.14. The van der Waals surface area contributed by atoms with E-state index in [1.807, 2.05) is 43.3 Å². The summed E-state index contributed by atoms with van der Waals surface area (Å²) in [5.41, 5.74) is 5.31. The summed E-state index contributed by atoms with van der Waals surface area (Å²) in [4.78, 5) is 12.0. The summed E-state index contributed by atoms with van der Waals surface area (Å²) in [5, 5.41) is 10.7. The molecule has 2 aromatic heterocycles. The highest BCUT2D eigenvalue weighted by atomic mass is 16.3. The summed E-state index contributed by atoms with van der Waals surface area (Å²) >= 11 is 0. The third-order valence-electron chi connectivity index (χ3n) is 3.23. The number of amides is 1. The number of aromatic amines is 1. The van der Waals surface area contributed by atoms with Crippen LogP contribution in [-0.2, 0) is 0 Å². The Kier molecular flexibility index (Phi) is 4.67. The first kappa shape index (κ1) is 15.5. The quantitative estimate of drug-likeness (QED) is 0.557. The van der Waals surface area contributed by atoms with E-state index >= 15 is 0 Å². The number of H-pyrrole nitrogens is 1. The number of allylic oxidation sites excluding steroid dienone is 1. The Hall–Kier alpha value is -3.41. The van der Waals surface area contributed by atoms with Crippen molar-refractivity contribution in [2.24, 2.45) is 5.10 Å². The van der Waals surface area contributed by atoms with Crippen molar-refractivity contribution in [1.82, 2.24) is 15.6 Å². The molecule has 0 unspecified atom stereocenters. The molecule has 2 heterocycles. The summed E-state index contributed by atoms with van der Waals surface area (Å²) < 4.78 is 5.24. The maximum Gasteiger partial charge on any atom is 0.291 e. The monoisotopic (exact) mass is 320 g/mol.